The molecule has 7 nitrogen and oxygen atoms in total. The van der Waals surface area contributed by atoms with Gasteiger partial charge < -0.3 is 9.88 Å². The van der Waals surface area contributed by atoms with Crippen LogP contribution in [-0.4, -0.2) is 38.5 Å². The van der Waals surface area contributed by atoms with Crippen LogP contribution in [0.1, 0.15) is 31.2 Å². The van der Waals surface area contributed by atoms with Crippen molar-refractivity contribution in [3.63, 3.8) is 0 Å². The van der Waals surface area contributed by atoms with E-state index in [9.17, 15) is 9.59 Å². The number of thioether (sulfide) groups is 1. The van der Waals surface area contributed by atoms with Gasteiger partial charge >= 0.3 is 6.03 Å². The molecule has 1 saturated carbocycles. The molecule has 0 unspecified atom stereocenters. The topological polar surface area (TPSA) is 88.9 Å². The summed E-state index contributed by atoms with van der Waals surface area (Å²) >= 11 is 1.28. The molecule has 3 rings (SSSR count). The van der Waals surface area contributed by atoms with Crippen LogP contribution in [0, 0.1) is 0 Å². The summed E-state index contributed by atoms with van der Waals surface area (Å²) in [5.74, 6) is 0.656. The van der Waals surface area contributed by atoms with Crippen LogP contribution in [0.3, 0.4) is 0 Å². The minimum absolute atomic E-state index is 0.127. The van der Waals surface area contributed by atoms with Crippen LogP contribution in [0.15, 0.2) is 35.5 Å². The van der Waals surface area contributed by atoms with E-state index in [2.05, 4.69) is 20.8 Å². The second kappa shape index (κ2) is 8.15. The Hall–Kier alpha value is -2.35. The minimum Gasteiger partial charge on any atom is -0.335 e. The number of carbonyl (C=O) groups excluding carboxylic acids is 2. The number of hydrogen-bond acceptors (Lipinski definition) is 5. The maximum absolute atomic E-state index is 11.9. The third-order valence-electron chi connectivity index (χ3n) is 3.81. The van der Waals surface area contributed by atoms with E-state index in [0.717, 1.165) is 30.8 Å². The van der Waals surface area contributed by atoms with Gasteiger partial charge in [0.25, 0.3) is 0 Å². The van der Waals surface area contributed by atoms with Gasteiger partial charge in [0, 0.05) is 19.0 Å². The van der Waals surface area contributed by atoms with Gasteiger partial charge in [-0.2, -0.15) is 0 Å². The van der Waals surface area contributed by atoms with Crippen LogP contribution >= 0.6 is 11.8 Å². The van der Waals surface area contributed by atoms with E-state index in [4.69, 9.17) is 0 Å². The van der Waals surface area contributed by atoms with E-state index >= 15 is 0 Å². The van der Waals surface area contributed by atoms with Gasteiger partial charge in [-0.1, -0.05) is 42.1 Å². The van der Waals surface area contributed by atoms with Gasteiger partial charge in [-0.25, -0.2) is 4.79 Å². The van der Waals surface area contributed by atoms with Crippen molar-refractivity contribution in [1.29, 1.82) is 0 Å². The van der Waals surface area contributed by atoms with Gasteiger partial charge in [-0.15, -0.1) is 10.2 Å². The van der Waals surface area contributed by atoms with Crippen molar-refractivity contribution in [2.45, 2.75) is 43.9 Å². The van der Waals surface area contributed by atoms with Crippen molar-refractivity contribution in [3.05, 3.63) is 41.7 Å². The van der Waals surface area contributed by atoms with E-state index in [0.29, 0.717) is 11.6 Å². The van der Waals surface area contributed by atoms with E-state index < -0.39 is 6.03 Å². The quantitative estimate of drug-likeness (QED) is 0.738. The lowest BCUT2D eigenvalue weighted by molar-refractivity contribution is -0.117. The SMILES string of the molecule is CCn1c(Cc2ccccc2)nnc1SCC(=O)NC(=O)NC1CC1. The third kappa shape index (κ3) is 5.06. The van der Waals surface area contributed by atoms with Crippen molar-refractivity contribution < 1.29 is 9.59 Å². The van der Waals surface area contributed by atoms with E-state index in [1.54, 1.807) is 0 Å². The Balaban J connectivity index is 1.55. The molecule has 1 aliphatic carbocycles. The third-order valence-corrected chi connectivity index (χ3v) is 4.78. The predicted octanol–water partition coefficient (Wildman–Crippen LogP) is 1.97. The van der Waals surface area contributed by atoms with Crippen LogP contribution < -0.4 is 10.6 Å². The lowest BCUT2D eigenvalue weighted by atomic mass is 10.1. The maximum atomic E-state index is 11.9. The molecule has 1 aliphatic rings. The van der Waals surface area contributed by atoms with Gasteiger partial charge in [-0.3, -0.25) is 10.1 Å². The highest BCUT2D eigenvalue weighted by molar-refractivity contribution is 7.99. The second-order valence-electron chi connectivity index (χ2n) is 5.89. The number of imide groups is 1. The smallest absolute Gasteiger partial charge is 0.321 e. The summed E-state index contributed by atoms with van der Waals surface area (Å²) in [7, 11) is 0. The van der Waals surface area contributed by atoms with E-state index in [1.165, 1.54) is 11.8 Å². The molecule has 2 N–H and O–H groups in total. The van der Waals surface area contributed by atoms with E-state index in [-0.39, 0.29) is 17.7 Å². The number of urea groups is 1. The molecule has 1 aromatic carbocycles. The zero-order valence-corrected chi connectivity index (χ0v) is 14.9. The highest BCUT2D eigenvalue weighted by Crippen LogP contribution is 2.19. The summed E-state index contributed by atoms with van der Waals surface area (Å²) in [6, 6.07) is 9.87. The molecular weight excluding hydrogens is 338 g/mol. The van der Waals surface area contributed by atoms with Gasteiger partial charge in [0.05, 0.1) is 5.75 Å². The molecule has 0 bridgehead atoms. The summed E-state index contributed by atoms with van der Waals surface area (Å²) in [6.45, 7) is 2.74. The maximum Gasteiger partial charge on any atom is 0.321 e. The van der Waals surface area contributed by atoms with Crippen molar-refractivity contribution in [2.24, 2.45) is 0 Å². The normalized spacial score (nSPS) is 13.5. The first kappa shape index (κ1) is 17.5. The first-order chi connectivity index (χ1) is 12.2. The molecule has 8 heteroatoms. The molecule has 1 fully saturated rings. The Kier molecular flexibility index (Phi) is 5.70. The largest absolute Gasteiger partial charge is 0.335 e. The number of hydrogen-bond donors (Lipinski definition) is 2. The molecule has 1 aromatic heterocycles. The van der Waals surface area contributed by atoms with E-state index in [1.807, 2.05) is 41.8 Å². The van der Waals surface area contributed by atoms with Crippen LogP contribution in [0.5, 0.6) is 0 Å². The van der Waals surface area contributed by atoms with Crippen molar-refractivity contribution in [1.82, 2.24) is 25.4 Å². The summed E-state index contributed by atoms with van der Waals surface area (Å²) in [5.41, 5.74) is 1.16. The number of carbonyl (C=O) groups is 2. The fraction of sp³-hybridized carbons (Fsp3) is 0.412. The average Bonchev–Trinajstić information content (AvgIpc) is 3.33. The molecule has 0 spiro atoms. The first-order valence-electron chi connectivity index (χ1n) is 8.35. The van der Waals surface area contributed by atoms with Crippen molar-refractivity contribution >= 4 is 23.7 Å². The molecular formula is C17H21N5O2S. The number of aromatic nitrogens is 3. The fourth-order valence-electron chi connectivity index (χ4n) is 2.39. The number of nitrogens with one attached hydrogen (secondary N) is 2. The molecule has 132 valence electrons. The van der Waals surface area contributed by atoms with Gasteiger partial charge in [0.1, 0.15) is 5.82 Å². The summed E-state index contributed by atoms with van der Waals surface area (Å²) < 4.78 is 2.00. The Labute approximate surface area is 150 Å². The highest BCUT2D eigenvalue weighted by Gasteiger charge is 2.24. The Morgan fingerprint density at radius 2 is 2.00 bits per heavy atom. The summed E-state index contributed by atoms with van der Waals surface area (Å²) in [5, 5.41) is 14.2. The minimum atomic E-state index is -0.421. The Morgan fingerprint density at radius 1 is 1.24 bits per heavy atom. The van der Waals surface area contributed by atoms with Gasteiger partial charge in [0.15, 0.2) is 5.16 Å². The van der Waals surface area contributed by atoms with Gasteiger partial charge in [-0.05, 0) is 25.3 Å². The van der Waals surface area contributed by atoms with Crippen LogP contribution in [0.25, 0.3) is 0 Å². The van der Waals surface area contributed by atoms with Crippen molar-refractivity contribution in [2.75, 3.05) is 5.75 Å². The van der Waals surface area contributed by atoms with Crippen LogP contribution in [-0.2, 0) is 17.8 Å². The van der Waals surface area contributed by atoms with Crippen LogP contribution in [0.2, 0.25) is 0 Å². The highest BCUT2D eigenvalue weighted by atomic mass is 32.2. The predicted molar refractivity (Wildman–Crippen MR) is 95.4 cm³/mol. The standard InChI is InChI=1S/C17H21N5O2S/c1-2-22-14(10-12-6-4-3-5-7-12)20-21-17(22)25-11-15(23)19-16(24)18-13-8-9-13/h3-7,13H,2,8-11H2,1H3,(H2,18,19,23,24). The monoisotopic (exact) mass is 359 g/mol. The van der Waals surface area contributed by atoms with Crippen molar-refractivity contribution in [3.8, 4) is 0 Å². The summed E-state index contributed by atoms with van der Waals surface area (Å²) in [6.07, 6.45) is 2.67. The molecule has 3 amide bonds. The lowest BCUT2D eigenvalue weighted by Gasteiger charge is -2.08. The number of nitrogens with zero attached hydrogens (tertiary/aromatic N) is 3. The zero-order chi connectivity index (χ0) is 17.6. The lowest BCUT2D eigenvalue weighted by Crippen LogP contribution is -2.41. The number of amides is 3. The molecule has 0 atom stereocenters. The number of benzene rings is 1. The number of rotatable bonds is 7. The van der Waals surface area contributed by atoms with Crippen LogP contribution in [0.4, 0.5) is 4.79 Å². The average molecular weight is 359 g/mol. The molecule has 0 radical (unpaired) electrons. The first-order valence-corrected chi connectivity index (χ1v) is 9.33. The van der Waals surface area contributed by atoms with Gasteiger partial charge in [0.2, 0.25) is 5.91 Å². The molecule has 25 heavy (non-hydrogen) atoms. The fourth-order valence-corrected chi connectivity index (χ4v) is 3.22. The molecule has 1 heterocycles. The molecule has 0 aliphatic heterocycles. The molecule has 0 saturated heterocycles. The molecule has 2 aromatic rings. The Morgan fingerprint density at radius 3 is 2.68 bits per heavy atom. The second-order valence-corrected chi connectivity index (χ2v) is 6.83. The Bertz CT molecular complexity index is 743. The summed E-state index contributed by atoms with van der Waals surface area (Å²) in [4.78, 5) is 23.4. The zero-order valence-electron chi connectivity index (χ0n) is 14.1.